The minimum absolute atomic E-state index is 0.345. The molecule has 0 aromatic carbocycles. The first-order valence-electron chi connectivity index (χ1n) is 5.20. The second-order valence-corrected chi connectivity index (χ2v) is 5.55. The highest BCUT2D eigenvalue weighted by Crippen LogP contribution is 2.48. The van der Waals surface area contributed by atoms with Gasteiger partial charge in [0.15, 0.2) is 0 Å². The van der Waals surface area contributed by atoms with Crippen LogP contribution in [0.1, 0.15) is 52.9 Å². The summed E-state index contributed by atoms with van der Waals surface area (Å²) in [5.74, 6) is 0. The Hall–Kier alpha value is -0.0400. The van der Waals surface area contributed by atoms with Gasteiger partial charge in [-0.25, -0.2) is 0 Å². The van der Waals surface area contributed by atoms with Crippen molar-refractivity contribution < 1.29 is 4.74 Å². The molecule has 0 bridgehead atoms. The minimum atomic E-state index is 0.345. The molecular formula is C11H20O. The SMILES string of the molecule is CC(C)(C)C1CCC2(CCC2)O1. The Morgan fingerprint density at radius 3 is 2.08 bits per heavy atom. The van der Waals surface area contributed by atoms with Gasteiger partial charge in [-0.3, -0.25) is 0 Å². The molecule has 1 saturated carbocycles. The standard InChI is InChI=1S/C11H20O/c1-10(2,3)9-5-8-11(12-9)6-4-7-11/h9H,4-8H2,1-3H3. The number of rotatable bonds is 0. The van der Waals surface area contributed by atoms with Crippen LogP contribution in [-0.2, 0) is 4.74 Å². The van der Waals surface area contributed by atoms with Crippen molar-refractivity contribution >= 4 is 0 Å². The quantitative estimate of drug-likeness (QED) is 0.540. The van der Waals surface area contributed by atoms with Gasteiger partial charge in [-0.15, -0.1) is 0 Å². The second-order valence-electron chi connectivity index (χ2n) is 5.55. The van der Waals surface area contributed by atoms with E-state index in [2.05, 4.69) is 20.8 Å². The molecule has 0 amide bonds. The van der Waals surface area contributed by atoms with E-state index in [9.17, 15) is 0 Å². The Morgan fingerprint density at radius 2 is 1.83 bits per heavy atom. The molecule has 1 aliphatic heterocycles. The molecule has 1 aliphatic carbocycles. The first-order chi connectivity index (χ1) is 5.52. The summed E-state index contributed by atoms with van der Waals surface area (Å²) in [7, 11) is 0. The van der Waals surface area contributed by atoms with Crippen LogP contribution in [0, 0.1) is 5.41 Å². The highest BCUT2D eigenvalue weighted by atomic mass is 16.5. The molecule has 12 heavy (non-hydrogen) atoms. The fourth-order valence-electron chi connectivity index (χ4n) is 2.36. The molecule has 1 atom stereocenters. The molecule has 1 nitrogen and oxygen atoms in total. The first kappa shape index (κ1) is 8.55. The number of ether oxygens (including phenoxy) is 1. The molecule has 1 spiro atoms. The highest BCUT2D eigenvalue weighted by Gasteiger charge is 2.47. The molecule has 1 saturated heterocycles. The Balaban J connectivity index is 1.98. The molecule has 0 aromatic rings. The van der Waals surface area contributed by atoms with Gasteiger partial charge in [-0.2, -0.15) is 0 Å². The average Bonchev–Trinajstić information content (AvgIpc) is 2.26. The van der Waals surface area contributed by atoms with E-state index in [-0.39, 0.29) is 0 Å². The van der Waals surface area contributed by atoms with Gasteiger partial charge in [0.05, 0.1) is 11.7 Å². The molecule has 0 radical (unpaired) electrons. The lowest BCUT2D eigenvalue weighted by Gasteiger charge is -2.39. The zero-order chi connectivity index (χ0) is 8.82. The topological polar surface area (TPSA) is 9.23 Å². The van der Waals surface area contributed by atoms with Crippen molar-refractivity contribution in [2.75, 3.05) is 0 Å². The summed E-state index contributed by atoms with van der Waals surface area (Å²) >= 11 is 0. The summed E-state index contributed by atoms with van der Waals surface area (Å²) in [6, 6.07) is 0. The van der Waals surface area contributed by atoms with E-state index in [0.29, 0.717) is 17.1 Å². The molecule has 2 aliphatic rings. The molecule has 1 heterocycles. The second kappa shape index (κ2) is 2.47. The summed E-state index contributed by atoms with van der Waals surface area (Å²) in [6.07, 6.45) is 7.13. The van der Waals surface area contributed by atoms with Crippen molar-refractivity contribution in [3.8, 4) is 0 Å². The average molecular weight is 168 g/mol. The van der Waals surface area contributed by atoms with Crippen LogP contribution in [-0.4, -0.2) is 11.7 Å². The highest BCUT2D eigenvalue weighted by molar-refractivity contribution is 4.97. The molecule has 1 unspecified atom stereocenters. The van der Waals surface area contributed by atoms with Gasteiger partial charge >= 0.3 is 0 Å². The van der Waals surface area contributed by atoms with Gasteiger partial charge in [0.25, 0.3) is 0 Å². The molecule has 70 valence electrons. The third kappa shape index (κ3) is 1.28. The van der Waals surface area contributed by atoms with Crippen LogP contribution < -0.4 is 0 Å². The zero-order valence-corrected chi connectivity index (χ0v) is 8.52. The van der Waals surface area contributed by atoms with Crippen LogP contribution in [0.4, 0.5) is 0 Å². The Bertz CT molecular complexity index is 174. The molecule has 2 fully saturated rings. The van der Waals surface area contributed by atoms with Crippen LogP contribution >= 0.6 is 0 Å². The van der Waals surface area contributed by atoms with Crippen LogP contribution in [0.5, 0.6) is 0 Å². The van der Waals surface area contributed by atoms with Gasteiger partial charge in [-0.05, 0) is 37.5 Å². The molecule has 0 N–H and O–H groups in total. The summed E-state index contributed by atoms with van der Waals surface area (Å²) in [4.78, 5) is 0. The van der Waals surface area contributed by atoms with Crippen molar-refractivity contribution in [2.45, 2.75) is 64.6 Å². The van der Waals surface area contributed by atoms with Crippen LogP contribution in [0.15, 0.2) is 0 Å². The predicted octanol–water partition coefficient (Wildman–Crippen LogP) is 3.13. The van der Waals surface area contributed by atoms with Gasteiger partial charge in [-0.1, -0.05) is 20.8 Å². The van der Waals surface area contributed by atoms with E-state index in [1.54, 1.807) is 0 Å². The molecular weight excluding hydrogens is 148 g/mol. The van der Waals surface area contributed by atoms with E-state index in [4.69, 9.17) is 4.74 Å². The molecule has 1 heteroatoms. The Labute approximate surface area is 75.5 Å². The number of hydrogen-bond donors (Lipinski definition) is 0. The summed E-state index contributed by atoms with van der Waals surface area (Å²) in [5.41, 5.74) is 0.692. The maximum Gasteiger partial charge on any atom is 0.0687 e. The molecule has 0 aromatic heterocycles. The van der Waals surface area contributed by atoms with E-state index < -0.39 is 0 Å². The third-order valence-electron chi connectivity index (χ3n) is 3.49. The normalized spacial score (nSPS) is 33.8. The summed E-state index contributed by atoms with van der Waals surface area (Å²) in [5, 5.41) is 0. The largest absolute Gasteiger partial charge is 0.371 e. The first-order valence-corrected chi connectivity index (χ1v) is 5.20. The van der Waals surface area contributed by atoms with Gasteiger partial charge < -0.3 is 4.74 Å². The monoisotopic (exact) mass is 168 g/mol. The van der Waals surface area contributed by atoms with Gasteiger partial charge in [0, 0.05) is 0 Å². The van der Waals surface area contributed by atoms with E-state index >= 15 is 0 Å². The smallest absolute Gasteiger partial charge is 0.0687 e. The van der Waals surface area contributed by atoms with Gasteiger partial charge in [0.1, 0.15) is 0 Å². The van der Waals surface area contributed by atoms with Crippen LogP contribution in [0.3, 0.4) is 0 Å². The van der Waals surface area contributed by atoms with E-state index in [0.717, 1.165) is 0 Å². The van der Waals surface area contributed by atoms with Crippen LogP contribution in [0.25, 0.3) is 0 Å². The maximum absolute atomic E-state index is 6.15. The lowest BCUT2D eigenvalue weighted by atomic mass is 9.78. The maximum atomic E-state index is 6.15. The Morgan fingerprint density at radius 1 is 1.17 bits per heavy atom. The zero-order valence-electron chi connectivity index (χ0n) is 8.52. The fraction of sp³-hybridized carbons (Fsp3) is 1.00. The molecule has 2 rings (SSSR count). The minimum Gasteiger partial charge on any atom is -0.371 e. The number of hydrogen-bond acceptors (Lipinski definition) is 1. The van der Waals surface area contributed by atoms with Crippen molar-refractivity contribution in [1.29, 1.82) is 0 Å². The summed E-state index contributed by atoms with van der Waals surface area (Å²) < 4.78 is 6.15. The summed E-state index contributed by atoms with van der Waals surface area (Å²) in [6.45, 7) is 6.86. The van der Waals surface area contributed by atoms with Crippen molar-refractivity contribution in [2.24, 2.45) is 5.41 Å². The van der Waals surface area contributed by atoms with Crippen molar-refractivity contribution in [3.63, 3.8) is 0 Å². The van der Waals surface area contributed by atoms with Crippen LogP contribution in [0.2, 0.25) is 0 Å². The predicted molar refractivity (Wildman–Crippen MR) is 50.1 cm³/mol. The fourth-order valence-corrected chi connectivity index (χ4v) is 2.36. The Kier molecular flexibility index (Phi) is 1.76. The lowest BCUT2D eigenvalue weighted by molar-refractivity contribution is -0.119. The van der Waals surface area contributed by atoms with Crippen molar-refractivity contribution in [3.05, 3.63) is 0 Å². The lowest BCUT2D eigenvalue weighted by Crippen LogP contribution is -2.39. The van der Waals surface area contributed by atoms with Crippen molar-refractivity contribution in [1.82, 2.24) is 0 Å². The van der Waals surface area contributed by atoms with E-state index in [1.807, 2.05) is 0 Å². The van der Waals surface area contributed by atoms with E-state index in [1.165, 1.54) is 32.1 Å². The van der Waals surface area contributed by atoms with Gasteiger partial charge in [0.2, 0.25) is 0 Å². The third-order valence-corrected chi connectivity index (χ3v) is 3.49.